The van der Waals surface area contributed by atoms with Crippen LogP contribution in [0.5, 0.6) is 5.75 Å². The quantitative estimate of drug-likeness (QED) is 0.487. The number of hydrogen-bond donors (Lipinski definition) is 2. The zero-order valence-electron chi connectivity index (χ0n) is 17.8. The number of nitrogens with one attached hydrogen (secondary N) is 2. The minimum Gasteiger partial charge on any atom is -0.496 e. The van der Waals surface area contributed by atoms with E-state index < -0.39 is 0 Å². The van der Waals surface area contributed by atoms with E-state index in [2.05, 4.69) is 20.5 Å². The molecule has 3 aromatic heterocycles. The van der Waals surface area contributed by atoms with Crippen molar-refractivity contribution in [3.8, 4) is 5.75 Å². The molecule has 32 heavy (non-hydrogen) atoms. The second-order valence-corrected chi connectivity index (χ2v) is 7.82. The summed E-state index contributed by atoms with van der Waals surface area (Å²) >= 11 is 0. The molecule has 2 N–H and O–H groups in total. The SMILES string of the molecule is COc1ccccc1CNc1n[nH]c2nc([C@@H]3CCN(C(=O)c4ccccn4)C3)ccc12. The maximum atomic E-state index is 12.7. The van der Waals surface area contributed by atoms with Crippen LogP contribution < -0.4 is 10.1 Å². The van der Waals surface area contributed by atoms with E-state index in [0.717, 1.165) is 40.3 Å². The Morgan fingerprint density at radius 3 is 2.91 bits per heavy atom. The maximum absolute atomic E-state index is 12.7. The summed E-state index contributed by atoms with van der Waals surface area (Å²) in [5, 5.41) is 11.7. The van der Waals surface area contributed by atoms with Crippen molar-refractivity contribution < 1.29 is 9.53 Å². The molecule has 4 heterocycles. The van der Waals surface area contributed by atoms with E-state index in [-0.39, 0.29) is 11.8 Å². The van der Waals surface area contributed by atoms with Crippen LogP contribution >= 0.6 is 0 Å². The molecule has 4 aromatic rings. The Kier molecular flexibility index (Phi) is 5.41. The van der Waals surface area contributed by atoms with Gasteiger partial charge in [-0.05, 0) is 36.8 Å². The molecule has 1 amide bonds. The zero-order valence-corrected chi connectivity index (χ0v) is 17.8. The number of anilines is 1. The van der Waals surface area contributed by atoms with Gasteiger partial charge in [-0.2, -0.15) is 5.10 Å². The van der Waals surface area contributed by atoms with Crippen LogP contribution in [0, 0.1) is 0 Å². The lowest BCUT2D eigenvalue weighted by Gasteiger charge is -2.16. The number of ether oxygens (including phenoxy) is 1. The van der Waals surface area contributed by atoms with Gasteiger partial charge in [0.05, 0.1) is 12.5 Å². The van der Waals surface area contributed by atoms with Crippen molar-refractivity contribution in [3.05, 3.63) is 77.7 Å². The van der Waals surface area contributed by atoms with Crippen LogP contribution in [0.4, 0.5) is 5.82 Å². The molecule has 162 valence electrons. The Bertz CT molecular complexity index is 1240. The molecule has 0 radical (unpaired) electrons. The summed E-state index contributed by atoms with van der Waals surface area (Å²) in [5.41, 5.74) is 3.24. The fraction of sp³-hybridized carbons (Fsp3) is 0.250. The predicted molar refractivity (Wildman–Crippen MR) is 122 cm³/mol. The van der Waals surface area contributed by atoms with Gasteiger partial charge in [0.25, 0.3) is 5.91 Å². The first-order valence-corrected chi connectivity index (χ1v) is 10.6. The fourth-order valence-electron chi connectivity index (χ4n) is 4.15. The molecule has 0 bridgehead atoms. The van der Waals surface area contributed by atoms with Gasteiger partial charge in [-0.1, -0.05) is 24.3 Å². The summed E-state index contributed by atoms with van der Waals surface area (Å²) in [6.07, 6.45) is 2.53. The van der Waals surface area contributed by atoms with Crippen LogP contribution in [0.3, 0.4) is 0 Å². The van der Waals surface area contributed by atoms with Gasteiger partial charge in [-0.3, -0.25) is 14.9 Å². The number of fused-ring (bicyclic) bond motifs is 1. The van der Waals surface area contributed by atoms with Gasteiger partial charge in [0.1, 0.15) is 11.4 Å². The first kappa shape index (κ1) is 20.0. The van der Waals surface area contributed by atoms with Crippen molar-refractivity contribution in [2.75, 3.05) is 25.5 Å². The average molecular weight is 428 g/mol. The molecule has 1 aromatic carbocycles. The highest BCUT2D eigenvalue weighted by molar-refractivity contribution is 5.92. The number of para-hydroxylation sites is 1. The van der Waals surface area contributed by atoms with Gasteiger partial charge in [-0.15, -0.1) is 0 Å². The van der Waals surface area contributed by atoms with Crippen molar-refractivity contribution in [2.24, 2.45) is 0 Å². The number of rotatable bonds is 6. The standard InChI is InChI=1S/C24H24N6O2/c1-32-21-8-3-2-6-16(21)14-26-22-18-9-10-19(27-23(18)29-28-22)17-11-13-30(15-17)24(31)20-7-4-5-12-25-20/h2-10,12,17H,11,13-15H2,1H3,(H2,26,27,28,29)/t17-/m1/s1. The first-order chi connectivity index (χ1) is 15.7. The molecule has 1 aliphatic rings. The lowest BCUT2D eigenvalue weighted by Crippen LogP contribution is -2.29. The van der Waals surface area contributed by atoms with Crippen LogP contribution in [0.15, 0.2) is 60.8 Å². The zero-order chi connectivity index (χ0) is 21.9. The molecule has 8 nitrogen and oxygen atoms in total. The Balaban J connectivity index is 1.28. The monoisotopic (exact) mass is 428 g/mol. The molecule has 0 unspecified atom stereocenters. The summed E-state index contributed by atoms with van der Waals surface area (Å²) in [7, 11) is 1.67. The second kappa shape index (κ2) is 8.66. The van der Waals surface area contributed by atoms with E-state index in [0.29, 0.717) is 25.3 Å². The number of aromatic amines is 1. The molecule has 1 aliphatic heterocycles. The van der Waals surface area contributed by atoms with Crippen molar-refractivity contribution in [2.45, 2.75) is 18.9 Å². The summed E-state index contributed by atoms with van der Waals surface area (Å²) < 4.78 is 5.42. The van der Waals surface area contributed by atoms with Crippen LogP contribution in [0.2, 0.25) is 0 Å². The molecule has 0 spiro atoms. The number of methoxy groups -OCH3 is 1. The Labute approximate surface area is 185 Å². The topological polar surface area (TPSA) is 96.0 Å². The largest absolute Gasteiger partial charge is 0.496 e. The highest BCUT2D eigenvalue weighted by Crippen LogP contribution is 2.29. The molecule has 8 heteroatoms. The predicted octanol–water partition coefficient (Wildman–Crippen LogP) is 3.60. The molecule has 1 saturated heterocycles. The number of carbonyl (C=O) groups excluding carboxylic acids is 1. The summed E-state index contributed by atoms with van der Waals surface area (Å²) in [4.78, 5) is 23.5. The molecule has 5 rings (SSSR count). The minimum absolute atomic E-state index is 0.0291. The summed E-state index contributed by atoms with van der Waals surface area (Å²) in [5.74, 6) is 1.76. The maximum Gasteiger partial charge on any atom is 0.272 e. The average Bonchev–Trinajstić information content (AvgIpc) is 3.50. The van der Waals surface area contributed by atoms with E-state index in [1.165, 1.54) is 0 Å². The van der Waals surface area contributed by atoms with Gasteiger partial charge in [0.15, 0.2) is 11.5 Å². The third-order valence-electron chi connectivity index (χ3n) is 5.86. The second-order valence-electron chi connectivity index (χ2n) is 7.82. The Hall–Kier alpha value is -3.94. The van der Waals surface area contributed by atoms with Crippen molar-refractivity contribution in [1.82, 2.24) is 25.1 Å². The lowest BCUT2D eigenvalue weighted by atomic mass is 10.0. The first-order valence-electron chi connectivity index (χ1n) is 10.6. The number of aromatic nitrogens is 4. The Morgan fingerprint density at radius 2 is 2.06 bits per heavy atom. The summed E-state index contributed by atoms with van der Waals surface area (Å²) in [6, 6.07) is 17.4. The molecule has 1 fully saturated rings. The van der Waals surface area contributed by atoms with Gasteiger partial charge in [0.2, 0.25) is 0 Å². The number of pyridine rings is 2. The van der Waals surface area contributed by atoms with Crippen molar-refractivity contribution in [1.29, 1.82) is 0 Å². The molecule has 1 atom stereocenters. The van der Waals surface area contributed by atoms with Crippen LogP contribution in [0.25, 0.3) is 11.0 Å². The number of likely N-dealkylation sites (tertiary alicyclic amines) is 1. The van der Waals surface area contributed by atoms with Crippen LogP contribution in [-0.4, -0.2) is 51.2 Å². The van der Waals surface area contributed by atoms with Crippen molar-refractivity contribution in [3.63, 3.8) is 0 Å². The van der Waals surface area contributed by atoms with Gasteiger partial charge in [0, 0.05) is 43.0 Å². The highest BCUT2D eigenvalue weighted by Gasteiger charge is 2.29. The highest BCUT2D eigenvalue weighted by atomic mass is 16.5. The summed E-state index contributed by atoms with van der Waals surface area (Å²) in [6.45, 7) is 1.94. The van der Waals surface area contributed by atoms with Crippen LogP contribution in [-0.2, 0) is 6.54 Å². The van der Waals surface area contributed by atoms with E-state index in [1.807, 2.05) is 53.4 Å². The van der Waals surface area contributed by atoms with Gasteiger partial charge in [-0.25, -0.2) is 4.98 Å². The third kappa shape index (κ3) is 3.87. The van der Waals surface area contributed by atoms with E-state index >= 15 is 0 Å². The van der Waals surface area contributed by atoms with Crippen molar-refractivity contribution >= 4 is 22.8 Å². The van der Waals surface area contributed by atoms with Gasteiger partial charge < -0.3 is 15.0 Å². The van der Waals surface area contributed by atoms with Crippen LogP contribution in [0.1, 0.15) is 34.1 Å². The number of H-pyrrole nitrogens is 1. The number of carbonyl (C=O) groups is 1. The smallest absolute Gasteiger partial charge is 0.272 e. The molecular formula is C24H24N6O2. The number of amides is 1. The van der Waals surface area contributed by atoms with E-state index in [9.17, 15) is 4.79 Å². The number of nitrogens with zero attached hydrogens (tertiary/aromatic N) is 4. The minimum atomic E-state index is -0.0291. The van der Waals surface area contributed by atoms with E-state index in [1.54, 1.807) is 19.4 Å². The normalized spacial score (nSPS) is 15.8. The number of hydrogen-bond acceptors (Lipinski definition) is 6. The lowest BCUT2D eigenvalue weighted by molar-refractivity contribution is 0.0785. The number of benzene rings is 1. The van der Waals surface area contributed by atoms with Gasteiger partial charge >= 0.3 is 0 Å². The fourth-order valence-corrected chi connectivity index (χ4v) is 4.15. The van der Waals surface area contributed by atoms with E-state index in [4.69, 9.17) is 9.72 Å². The molecular weight excluding hydrogens is 404 g/mol. The Morgan fingerprint density at radius 1 is 1.19 bits per heavy atom. The third-order valence-corrected chi connectivity index (χ3v) is 5.86. The molecule has 0 aliphatic carbocycles. The molecule has 0 saturated carbocycles.